The van der Waals surface area contributed by atoms with Crippen LogP contribution in [0.25, 0.3) is 0 Å². The molecular weight excluding hydrogens is 388 g/mol. The maximum absolute atomic E-state index is 13.3. The fourth-order valence-electron chi connectivity index (χ4n) is 2.98. The fraction of sp³-hybridized carbons (Fsp3) is 0.182. The molecule has 0 aliphatic heterocycles. The molecule has 0 fully saturated rings. The molecule has 0 aliphatic carbocycles. The number of hydrogen-bond donors (Lipinski definition) is 1. The largest absolute Gasteiger partial charge is 0.496 e. The van der Waals surface area contributed by atoms with Crippen molar-refractivity contribution in [1.29, 1.82) is 0 Å². The lowest BCUT2D eigenvalue weighted by Crippen LogP contribution is -2.32. The van der Waals surface area contributed by atoms with Crippen LogP contribution >= 0.6 is 0 Å². The summed E-state index contributed by atoms with van der Waals surface area (Å²) in [5.74, 6) is 0.0137. The number of para-hydroxylation sites is 1. The first-order valence-corrected chi connectivity index (χ1v) is 10.6. The monoisotopic (exact) mass is 410 g/mol. The summed E-state index contributed by atoms with van der Waals surface area (Å²) in [6.45, 7) is 1.79. The Balaban J connectivity index is 1.91. The van der Waals surface area contributed by atoms with Crippen molar-refractivity contribution in [2.24, 2.45) is 0 Å². The number of pyridine rings is 1. The van der Waals surface area contributed by atoms with Crippen molar-refractivity contribution in [2.45, 2.75) is 17.1 Å². The van der Waals surface area contributed by atoms with E-state index in [-0.39, 0.29) is 11.4 Å². The number of carbonyl (C=O) groups is 1. The maximum atomic E-state index is 13.3. The number of aryl methyl sites for hydroxylation is 1. The fourth-order valence-corrected chi connectivity index (χ4v) is 4.62. The van der Waals surface area contributed by atoms with E-state index in [1.54, 1.807) is 66.9 Å². The lowest BCUT2D eigenvalue weighted by Gasteiger charge is -2.19. The van der Waals surface area contributed by atoms with Gasteiger partial charge >= 0.3 is 0 Å². The number of nitrogens with one attached hydrogen (secondary N) is 1. The summed E-state index contributed by atoms with van der Waals surface area (Å²) >= 11 is 0. The van der Waals surface area contributed by atoms with Gasteiger partial charge in [0, 0.05) is 18.9 Å². The number of aromatic nitrogens is 1. The van der Waals surface area contributed by atoms with Crippen molar-refractivity contribution in [3.8, 4) is 5.75 Å². The van der Waals surface area contributed by atoms with E-state index in [0.29, 0.717) is 16.9 Å². The second kappa shape index (κ2) is 8.87. The molecule has 1 unspecified atom stereocenters. The maximum Gasteiger partial charge on any atom is 0.255 e. The average Bonchev–Trinajstić information content (AvgIpc) is 2.74. The highest BCUT2D eigenvalue weighted by molar-refractivity contribution is 7.91. The normalized spacial score (nSPS) is 12.2. The summed E-state index contributed by atoms with van der Waals surface area (Å²) in [4.78, 5) is 16.9. The number of ether oxygens (including phenoxy) is 1. The molecule has 2 aromatic carbocycles. The van der Waals surface area contributed by atoms with E-state index in [4.69, 9.17) is 4.74 Å². The van der Waals surface area contributed by atoms with Crippen LogP contribution in [0.1, 0.15) is 26.7 Å². The van der Waals surface area contributed by atoms with Crippen LogP contribution in [0.3, 0.4) is 0 Å². The minimum atomic E-state index is -3.75. The second-order valence-corrected chi connectivity index (χ2v) is 8.67. The second-order valence-electron chi connectivity index (χ2n) is 6.54. The summed E-state index contributed by atoms with van der Waals surface area (Å²) < 4.78 is 31.8. The van der Waals surface area contributed by atoms with E-state index < -0.39 is 21.0 Å². The van der Waals surface area contributed by atoms with Crippen molar-refractivity contribution in [3.63, 3.8) is 0 Å². The van der Waals surface area contributed by atoms with Crippen LogP contribution in [0.15, 0.2) is 78.0 Å². The van der Waals surface area contributed by atoms with E-state index in [9.17, 15) is 13.2 Å². The number of methoxy groups -OCH3 is 1. The third-order valence-corrected chi connectivity index (χ3v) is 6.70. The SMILES string of the molecule is COc1ccccc1C(=O)NCC(c1cccnc1)S(=O)(=O)c1ccc(C)cc1. The first kappa shape index (κ1) is 20.5. The van der Waals surface area contributed by atoms with Crippen molar-refractivity contribution < 1.29 is 17.9 Å². The van der Waals surface area contributed by atoms with E-state index in [0.717, 1.165) is 5.56 Å². The Hall–Kier alpha value is -3.19. The molecule has 29 heavy (non-hydrogen) atoms. The predicted octanol–water partition coefficient (Wildman–Crippen LogP) is 3.34. The Labute approximate surface area is 170 Å². The number of sulfone groups is 1. The van der Waals surface area contributed by atoms with Crippen LogP contribution in [0, 0.1) is 6.92 Å². The van der Waals surface area contributed by atoms with Crippen LogP contribution < -0.4 is 10.1 Å². The molecule has 1 aromatic heterocycles. The highest BCUT2D eigenvalue weighted by Gasteiger charge is 2.30. The van der Waals surface area contributed by atoms with Crippen LogP contribution in [0.4, 0.5) is 0 Å². The number of benzene rings is 2. The quantitative estimate of drug-likeness (QED) is 0.646. The van der Waals surface area contributed by atoms with Gasteiger partial charge < -0.3 is 10.1 Å². The van der Waals surface area contributed by atoms with Gasteiger partial charge in [-0.05, 0) is 42.8 Å². The number of amides is 1. The zero-order valence-electron chi connectivity index (χ0n) is 16.2. The molecule has 6 nitrogen and oxygen atoms in total. The van der Waals surface area contributed by atoms with Gasteiger partial charge in [0.25, 0.3) is 5.91 Å². The zero-order chi connectivity index (χ0) is 20.9. The molecule has 0 radical (unpaired) electrons. The van der Waals surface area contributed by atoms with E-state index in [1.807, 2.05) is 6.92 Å². The molecular formula is C22H22N2O4S. The predicted molar refractivity (Wildman–Crippen MR) is 111 cm³/mol. The smallest absolute Gasteiger partial charge is 0.255 e. The highest BCUT2D eigenvalue weighted by Crippen LogP contribution is 2.28. The van der Waals surface area contributed by atoms with E-state index in [1.165, 1.54) is 13.3 Å². The first-order valence-electron chi connectivity index (χ1n) is 9.05. The molecule has 1 heterocycles. The number of hydrogen-bond acceptors (Lipinski definition) is 5. The summed E-state index contributed by atoms with van der Waals surface area (Å²) in [7, 11) is -2.27. The summed E-state index contributed by atoms with van der Waals surface area (Å²) in [6, 6.07) is 16.8. The third kappa shape index (κ3) is 4.63. The standard InChI is InChI=1S/C22H22N2O4S/c1-16-9-11-18(12-10-16)29(26,27)21(17-6-5-13-23-14-17)15-24-22(25)19-7-3-4-8-20(19)28-2/h3-14,21H,15H2,1-2H3,(H,24,25). The van der Waals surface area contributed by atoms with Gasteiger partial charge in [-0.25, -0.2) is 8.42 Å². The lowest BCUT2D eigenvalue weighted by molar-refractivity contribution is 0.0950. The minimum absolute atomic E-state index is 0.0984. The minimum Gasteiger partial charge on any atom is -0.496 e. The highest BCUT2D eigenvalue weighted by atomic mass is 32.2. The first-order chi connectivity index (χ1) is 13.9. The summed E-state index contributed by atoms with van der Waals surface area (Å²) in [6.07, 6.45) is 3.08. The molecule has 0 saturated carbocycles. The topological polar surface area (TPSA) is 85.4 Å². The number of nitrogens with zero attached hydrogens (tertiary/aromatic N) is 1. The van der Waals surface area contributed by atoms with Crippen LogP contribution in [0.5, 0.6) is 5.75 Å². The molecule has 0 aliphatic rings. The Morgan fingerprint density at radius 1 is 1.07 bits per heavy atom. The van der Waals surface area contributed by atoms with Gasteiger partial charge in [0.05, 0.1) is 17.6 Å². The van der Waals surface area contributed by atoms with Crippen LogP contribution in [0.2, 0.25) is 0 Å². The molecule has 1 atom stereocenters. The van der Waals surface area contributed by atoms with Crippen molar-refractivity contribution >= 4 is 15.7 Å². The van der Waals surface area contributed by atoms with Crippen molar-refractivity contribution in [2.75, 3.05) is 13.7 Å². The molecule has 7 heteroatoms. The molecule has 0 saturated heterocycles. The molecule has 3 aromatic rings. The van der Waals surface area contributed by atoms with Crippen LogP contribution in [-0.4, -0.2) is 33.0 Å². The average molecular weight is 410 g/mol. The Morgan fingerprint density at radius 2 is 1.79 bits per heavy atom. The van der Waals surface area contributed by atoms with Gasteiger partial charge in [-0.2, -0.15) is 0 Å². The van der Waals surface area contributed by atoms with Gasteiger partial charge in [0.1, 0.15) is 11.0 Å². The lowest BCUT2D eigenvalue weighted by atomic mass is 10.1. The van der Waals surface area contributed by atoms with Gasteiger partial charge in [0.2, 0.25) is 0 Å². The molecule has 1 amide bonds. The van der Waals surface area contributed by atoms with Gasteiger partial charge in [-0.3, -0.25) is 9.78 Å². The molecule has 3 rings (SSSR count). The third-order valence-electron chi connectivity index (χ3n) is 4.58. The van der Waals surface area contributed by atoms with Crippen molar-refractivity contribution in [1.82, 2.24) is 10.3 Å². The molecule has 0 bridgehead atoms. The van der Waals surface area contributed by atoms with Crippen LogP contribution in [-0.2, 0) is 9.84 Å². The summed E-state index contributed by atoms with van der Waals surface area (Å²) in [5.41, 5.74) is 1.81. The van der Waals surface area contributed by atoms with E-state index >= 15 is 0 Å². The molecule has 150 valence electrons. The Morgan fingerprint density at radius 3 is 2.45 bits per heavy atom. The van der Waals surface area contributed by atoms with Gasteiger partial charge in [-0.15, -0.1) is 0 Å². The Kier molecular flexibility index (Phi) is 6.29. The van der Waals surface area contributed by atoms with Gasteiger partial charge in [0.15, 0.2) is 9.84 Å². The van der Waals surface area contributed by atoms with Crippen molar-refractivity contribution in [3.05, 3.63) is 89.7 Å². The van der Waals surface area contributed by atoms with Gasteiger partial charge in [-0.1, -0.05) is 35.9 Å². The Bertz CT molecular complexity index is 1080. The number of carbonyl (C=O) groups excluding carboxylic acids is 1. The van der Waals surface area contributed by atoms with E-state index in [2.05, 4.69) is 10.3 Å². The number of rotatable bonds is 7. The molecule has 1 N–H and O–H groups in total. The summed E-state index contributed by atoms with van der Waals surface area (Å²) in [5, 5.41) is 1.76. The molecule has 0 spiro atoms. The zero-order valence-corrected chi connectivity index (χ0v) is 17.0.